The van der Waals surface area contributed by atoms with E-state index in [2.05, 4.69) is 5.10 Å². The van der Waals surface area contributed by atoms with Crippen LogP contribution < -0.4 is 10.5 Å². The molecule has 0 unspecified atom stereocenters. The van der Waals surface area contributed by atoms with Crippen LogP contribution >= 0.6 is 12.4 Å². The Hall–Kier alpha value is -0.900. The van der Waals surface area contributed by atoms with E-state index in [-0.39, 0.29) is 12.4 Å². The molecule has 0 aromatic carbocycles. The summed E-state index contributed by atoms with van der Waals surface area (Å²) in [7, 11) is 3.38. The van der Waals surface area contributed by atoms with Crippen LogP contribution in [0.2, 0.25) is 0 Å². The highest BCUT2D eigenvalue weighted by atomic mass is 35.5. The van der Waals surface area contributed by atoms with Crippen molar-refractivity contribution in [3.63, 3.8) is 0 Å². The molecule has 0 aliphatic carbocycles. The number of methoxy groups -OCH3 is 1. The lowest BCUT2D eigenvalue weighted by Gasteiger charge is -1.92. The summed E-state index contributed by atoms with van der Waals surface area (Å²) in [4.78, 5) is 0. The molecular formula is C6H12ClN3O. The van der Waals surface area contributed by atoms with Crippen molar-refractivity contribution in [3.8, 4) is 5.88 Å². The van der Waals surface area contributed by atoms with E-state index in [0.717, 1.165) is 5.69 Å². The quantitative estimate of drug-likeness (QED) is 0.689. The van der Waals surface area contributed by atoms with Gasteiger partial charge in [-0.1, -0.05) is 0 Å². The number of anilines is 1. The number of hydrogen-bond acceptors (Lipinski definition) is 3. The molecule has 0 fully saturated rings. The van der Waals surface area contributed by atoms with Gasteiger partial charge in [0.25, 0.3) is 5.88 Å². The summed E-state index contributed by atoms with van der Waals surface area (Å²) in [6.45, 7) is 1.89. The number of ether oxygens (including phenoxy) is 1. The van der Waals surface area contributed by atoms with Crippen molar-refractivity contribution in [3.05, 3.63) is 5.69 Å². The van der Waals surface area contributed by atoms with E-state index in [1.54, 1.807) is 11.8 Å². The smallest absolute Gasteiger partial charge is 0.256 e. The van der Waals surface area contributed by atoms with Gasteiger partial charge >= 0.3 is 0 Å². The Bertz CT molecular complexity index is 246. The Labute approximate surface area is 71.7 Å². The Morgan fingerprint density at radius 2 is 2.09 bits per heavy atom. The molecule has 0 amide bonds. The summed E-state index contributed by atoms with van der Waals surface area (Å²) in [6.07, 6.45) is 0. The molecule has 4 nitrogen and oxygen atoms in total. The second-order valence-corrected chi connectivity index (χ2v) is 2.13. The third-order valence-electron chi connectivity index (χ3n) is 1.54. The molecule has 0 saturated carbocycles. The van der Waals surface area contributed by atoms with Crippen molar-refractivity contribution in [2.24, 2.45) is 7.05 Å². The van der Waals surface area contributed by atoms with Gasteiger partial charge in [0.1, 0.15) is 5.69 Å². The second-order valence-electron chi connectivity index (χ2n) is 2.13. The first kappa shape index (κ1) is 10.1. The molecule has 0 saturated heterocycles. The van der Waals surface area contributed by atoms with Gasteiger partial charge < -0.3 is 10.5 Å². The maximum absolute atomic E-state index is 5.61. The molecule has 0 bridgehead atoms. The van der Waals surface area contributed by atoms with Crippen LogP contribution in [0.5, 0.6) is 5.88 Å². The van der Waals surface area contributed by atoms with Gasteiger partial charge in [-0.3, -0.25) is 4.68 Å². The van der Waals surface area contributed by atoms with Crippen molar-refractivity contribution in [2.75, 3.05) is 12.8 Å². The topological polar surface area (TPSA) is 53.1 Å². The molecule has 64 valence electrons. The monoisotopic (exact) mass is 177 g/mol. The van der Waals surface area contributed by atoms with Crippen molar-refractivity contribution in [1.29, 1.82) is 0 Å². The van der Waals surface area contributed by atoms with Gasteiger partial charge in [-0.15, -0.1) is 17.5 Å². The predicted octanol–water partition coefficient (Wildman–Crippen LogP) is 0.741. The number of rotatable bonds is 1. The lowest BCUT2D eigenvalue weighted by atomic mass is 10.4. The van der Waals surface area contributed by atoms with Crippen molar-refractivity contribution >= 4 is 18.1 Å². The van der Waals surface area contributed by atoms with Gasteiger partial charge in [-0.2, -0.15) is 0 Å². The van der Waals surface area contributed by atoms with Crippen molar-refractivity contribution < 1.29 is 4.74 Å². The zero-order valence-electron chi connectivity index (χ0n) is 6.79. The SMILES string of the molecule is COc1nn(C)c(C)c1N.Cl. The molecule has 1 rings (SSSR count). The molecule has 1 aromatic rings. The molecule has 0 aliphatic heterocycles. The third-order valence-corrected chi connectivity index (χ3v) is 1.54. The molecule has 0 spiro atoms. The summed E-state index contributed by atoms with van der Waals surface area (Å²) in [5, 5.41) is 4.00. The largest absolute Gasteiger partial charge is 0.478 e. The first-order valence-corrected chi connectivity index (χ1v) is 3.00. The lowest BCUT2D eigenvalue weighted by Crippen LogP contribution is -1.93. The summed E-state index contributed by atoms with van der Waals surface area (Å²) in [5.74, 6) is 0.500. The molecule has 0 aliphatic rings. The molecule has 2 N–H and O–H groups in total. The Morgan fingerprint density at radius 1 is 1.55 bits per heavy atom. The highest BCUT2D eigenvalue weighted by Crippen LogP contribution is 2.21. The van der Waals surface area contributed by atoms with E-state index in [1.807, 2.05) is 14.0 Å². The number of hydrogen-bond donors (Lipinski definition) is 1. The predicted molar refractivity (Wildman–Crippen MR) is 46.2 cm³/mol. The number of aromatic nitrogens is 2. The normalized spacial score (nSPS) is 9.00. The van der Waals surface area contributed by atoms with Gasteiger partial charge in [0, 0.05) is 7.05 Å². The summed E-state index contributed by atoms with van der Waals surface area (Å²) < 4.78 is 6.58. The Balaban J connectivity index is 0.000001000. The molecular weight excluding hydrogens is 166 g/mol. The maximum atomic E-state index is 5.61. The highest BCUT2D eigenvalue weighted by molar-refractivity contribution is 5.85. The minimum Gasteiger partial charge on any atom is -0.478 e. The number of aryl methyl sites for hydroxylation is 1. The molecule has 11 heavy (non-hydrogen) atoms. The molecule has 1 heterocycles. The fourth-order valence-corrected chi connectivity index (χ4v) is 0.745. The standard InChI is InChI=1S/C6H11N3O.ClH/c1-4-5(7)6(10-3)8-9(4)2;/h7H2,1-3H3;1H. The van der Waals surface area contributed by atoms with Gasteiger partial charge in [-0.05, 0) is 6.92 Å². The van der Waals surface area contributed by atoms with E-state index in [9.17, 15) is 0 Å². The Kier molecular flexibility index (Phi) is 3.19. The van der Waals surface area contributed by atoms with Crippen LogP contribution in [0.1, 0.15) is 5.69 Å². The van der Waals surface area contributed by atoms with Crippen LogP contribution in [0.4, 0.5) is 5.69 Å². The molecule has 1 aromatic heterocycles. The van der Waals surface area contributed by atoms with Crippen molar-refractivity contribution in [1.82, 2.24) is 9.78 Å². The zero-order chi connectivity index (χ0) is 7.72. The van der Waals surface area contributed by atoms with Gasteiger partial charge in [0.2, 0.25) is 0 Å². The summed E-state index contributed by atoms with van der Waals surface area (Å²) >= 11 is 0. The van der Waals surface area contributed by atoms with Gasteiger partial charge in [0.15, 0.2) is 0 Å². The van der Waals surface area contributed by atoms with Crippen LogP contribution in [0.15, 0.2) is 0 Å². The number of halogens is 1. The Morgan fingerprint density at radius 3 is 2.27 bits per heavy atom. The van der Waals surface area contributed by atoms with Crippen molar-refractivity contribution in [2.45, 2.75) is 6.92 Å². The fraction of sp³-hybridized carbons (Fsp3) is 0.500. The van der Waals surface area contributed by atoms with Crippen LogP contribution in [-0.2, 0) is 7.05 Å². The minimum absolute atomic E-state index is 0. The van der Waals surface area contributed by atoms with Gasteiger partial charge in [-0.25, -0.2) is 0 Å². The van der Waals surface area contributed by atoms with Crippen LogP contribution in [0.3, 0.4) is 0 Å². The lowest BCUT2D eigenvalue weighted by molar-refractivity contribution is 0.393. The zero-order valence-corrected chi connectivity index (χ0v) is 7.60. The van der Waals surface area contributed by atoms with Gasteiger partial charge in [0.05, 0.1) is 12.8 Å². The highest BCUT2D eigenvalue weighted by Gasteiger charge is 2.07. The van der Waals surface area contributed by atoms with E-state index in [4.69, 9.17) is 10.5 Å². The summed E-state index contributed by atoms with van der Waals surface area (Å²) in [5.41, 5.74) is 7.15. The van der Waals surface area contributed by atoms with E-state index >= 15 is 0 Å². The van der Waals surface area contributed by atoms with Crippen LogP contribution in [0, 0.1) is 6.92 Å². The van der Waals surface area contributed by atoms with Crippen LogP contribution in [0.25, 0.3) is 0 Å². The average molecular weight is 178 g/mol. The van der Waals surface area contributed by atoms with E-state index in [0.29, 0.717) is 11.6 Å². The molecule has 0 radical (unpaired) electrons. The molecule has 5 heteroatoms. The first-order chi connectivity index (χ1) is 4.66. The first-order valence-electron chi connectivity index (χ1n) is 3.00. The average Bonchev–Trinajstić information content (AvgIpc) is 2.17. The molecule has 0 atom stereocenters. The van der Waals surface area contributed by atoms with E-state index < -0.39 is 0 Å². The van der Waals surface area contributed by atoms with E-state index in [1.165, 1.54) is 0 Å². The number of nitrogen functional groups attached to an aromatic ring is 1. The van der Waals surface area contributed by atoms with Crippen LogP contribution in [-0.4, -0.2) is 16.9 Å². The number of nitrogens with zero attached hydrogens (tertiary/aromatic N) is 2. The number of nitrogens with two attached hydrogens (primary N) is 1. The second kappa shape index (κ2) is 3.48. The third kappa shape index (κ3) is 1.57. The maximum Gasteiger partial charge on any atom is 0.256 e. The summed E-state index contributed by atoms with van der Waals surface area (Å²) in [6, 6.07) is 0. The minimum atomic E-state index is 0. The fourth-order valence-electron chi connectivity index (χ4n) is 0.745.